The molecule has 5 nitrogen and oxygen atoms in total. The Morgan fingerprint density at radius 1 is 1.27 bits per heavy atom. The summed E-state index contributed by atoms with van der Waals surface area (Å²) in [5.74, 6) is -0.383. The van der Waals surface area contributed by atoms with Crippen LogP contribution in [0.3, 0.4) is 0 Å². The zero-order valence-electron chi connectivity index (χ0n) is 12.3. The number of sulfone groups is 1. The van der Waals surface area contributed by atoms with Crippen LogP contribution in [0.1, 0.15) is 27.7 Å². The molecule has 118 valence electrons. The third-order valence-corrected chi connectivity index (χ3v) is 6.63. The predicted molar refractivity (Wildman–Crippen MR) is 86.1 cm³/mol. The molecule has 1 aromatic heterocycles. The molecule has 7 heteroatoms. The van der Waals surface area contributed by atoms with Crippen LogP contribution in [0.15, 0.2) is 34.5 Å². The summed E-state index contributed by atoms with van der Waals surface area (Å²) < 4.78 is 23.8. The number of benzene rings is 1. The number of aryl methyl sites for hydroxylation is 1. The Bertz CT molecular complexity index is 794. The van der Waals surface area contributed by atoms with E-state index >= 15 is 0 Å². The monoisotopic (exact) mass is 339 g/mol. The van der Waals surface area contributed by atoms with Crippen LogP contribution >= 0.6 is 11.3 Å². The molecular formula is C15H17NO4S2. The number of thiophene rings is 1. The highest BCUT2D eigenvalue weighted by molar-refractivity contribution is 7.93. The van der Waals surface area contributed by atoms with E-state index in [0.29, 0.717) is 9.77 Å². The molecule has 1 aromatic carbocycles. The minimum absolute atomic E-state index is 0.0413. The fourth-order valence-corrected chi connectivity index (χ4v) is 4.28. The van der Waals surface area contributed by atoms with Crippen LogP contribution in [0.25, 0.3) is 0 Å². The number of aromatic hydroxyl groups is 1. The van der Waals surface area contributed by atoms with Crippen molar-refractivity contribution in [1.29, 1.82) is 0 Å². The van der Waals surface area contributed by atoms with E-state index < -0.39 is 15.7 Å². The van der Waals surface area contributed by atoms with Crippen molar-refractivity contribution >= 4 is 27.1 Å². The Balaban J connectivity index is 2.08. The molecule has 0 radical (unpaired) electrons. The van der Waals surface area contributed by atoms with Gasteiger partial charge >= 0.3 is 0 Å². The third-order valence-electron chi connectivity index (χ3n) is 3.23. The lowest BCUT2D eigenvalue weighted by Gasteiger charge is -2.07. The summed E-state index contributed by atoms with van der Waals surface area (Å²) in [5.41, 5.74) is 0.832. The summed E-state index contributed by atoms with van der Waals surface area (Å²) in [6, 6.07) is 8.19. The van der Waals surface area contributed by atoms with Crippen molar-refractivity contribution in [3.63, 3.8) is 0 Å². The smallest absolute Gasteiger partial charge is 0.255 e. The summed E-state index contributed by atoms with van der Waals surface area (Å²) in [5, 5.41) is 12.6. The SMILES string of the molecule is CCS(=O)(=O)c1ccc(CNC(=O)c2cccc(C)c2O)s1. The minimum Gasteiger partial charge on any atom is -0.507 e. The van der Waals surface area contributed by atoms with Gasteiger partial charge in [-0.2, -0.15) is 0 Å². The maximum Gasteiger partial charge on any atom is 0.255 e. The van der Waals surface area contributed by atoms with Crippen molar-refractivity contribution in [2.75, 3.05) is 5.75 Å². The number of rotatable bonds is 5. The Morgan fingerprint density at radius 2 is 2.00 bits per heavy atom. The van der Waals surface area contributed by atoms with Gasteiger partial charge in [0.1, 0.15) is 9.96 Å². The first kappa shape index (κ1) is 16.5. The highest BCUT2D eigenvalue weighted by Crippen LogP contribution is 2.24. The van der Waals surface area contributed by atoms with Gasteiger partial charge in [-0.05, 0) is 30.7 Å². The fourth-order valence-electron chi connectivity index (χ4n) is 1.87. The van der Waals surface area contributed by atoms with Crippen LogP contribution in [-0.4, -0.2) is 25.2 Å². The van der Waals surface area contributed by atoms with E-state index in [1.54, 1.807) is 44.2 Å². The number of phenolic OH excluding ortho intramolecular Hbond substituents is 1. The zero-order valence-corrected chi connectivity index (χ0v) is 13.9. The first-order chi connectivity index (χ1) is 10.3. The van der Waals surface area contributed by atoms with Crippen molar-refractivity contribution in [1.82, 2.24) is 5.32 Å². The molecule has 2 N–H and O–H groups in total. The number of para-hydroxylation sites is 1. The van der Waals surface area contributed by atoms with Gasteiger partial charge in [-0.25, -0.2) is 8.42 Å². The maximum absolute atomic E-state index is 12.1. The summed E-state index contributed by atoms with van der Waals surface area (Å²) in [7, 11) is -3.21. The Kier molecular flexibility index (Phi) is 4.87. The van der Waals surface area contributed by atoms with E-state index in [9.17, 15) is 18.3 Å². The second-order valence-corrected chi connectivity index (χ2v) is 8.45. The maximum atomic E-state index is 12.1. The van der Waals surface area contributed by atoms with Crippen LogP contribution in [0.4, 0.5) is 0 Å². The average Bonchev–Trinajstić information content (AvgIpc) is 2.97. The molecule has 0 unspecified atom stereocenters. The lowest BCUT2D eigenvalue weighted by Crippen LogP contribution is -2.22. The molecule has 2 rings (SSSR count). The van der Waals surface area contributed by atoms with E-state index in [1.165, 1.54) is 0 Å². The van der Waals surface area contributed by atoms with E-state index in [-0.39, 0.29) is 23.6 Å². The van der Waals surface area contributed by atoms with Gasteiger partial charge in [0, 0.05) is 4.88 Å². The molecule has 1 amide bonds. The van der Waals surface area contributed by atoms with E-state index in [1.807, 2.05) is 0 Å². The van der Waals surface area contributed by atoms with E-state index in [0.717, 1.165) is 16.2 Å². The van der Waals surface area contributed by atoms with Crippen molar-refractivity contribution in [2.24, 2.45) is 0 Å². The normalized spacial score (nSPS) is 11.4. The lowest BCUT2D eigenvalue weighted by molar-refractivity contribution is 0.0948. The van der Waals surface area contributed by atoms with Crippen LogP contribution in [0.5, 0.6) is 5.75 Å². The van der Waals surface area contributed by atoms with Gasteiger partial charge in [0.15, 0.2) is 9.84 Å². The standard InChI is InChI=1S/C15H17NO4S2/c1-3-22(19,20)13-8-7-11(21-13)9-16-15(18)12-6-4-5-10(2)14(12)17/h4-8,17H,3,9H2,1-2H3,(H,16,18). The summed E-state index contributed by atoms with van der Waals surface area (Å²) in [6.07, 6.45) is 0. The molecule has 0 spiro atoms. The second kappa shape index (κ2) is 6.50. The van der Waals surface area contributed by atoms with Crippen LogP contribution in [-0.2, 0) is 16.4 Å². The molecule has 0 bridgehead atoms. The third kappa shape index (κ3) is 3.48. The summed E-state index contributed by atoms with van der Waals surface area (Å²) in [6.45, 7) is 3.53. The number of amides is 1. The topological polar surface area (TPSA) is 83.5 Å². The first-order valence-electron chi connectivity index (χ1n) is 6.73. The zero-order chi connectivity index (χ0) is 16.3. The number of nitrogens with one attached hydrogen (secondary N) is 1. The molecule has 0 atom stereocenters. The van der Waals surface area contributed by atoms with Gasteiger partial charge in [-0.1, -0.05) is 19.1 Å². The van der Waals surface area contributed by atoms with Gasteiger partial charge in [-0.15, -0.1) is 11.3 Å². The highest BCUT2D eigenvalue weighted by atomic mass is 32.2. The molecule has 0 fully saturated rings. The van der Waals surface area contributed by atoms with Crippen LogP contribution in [0, 0.1) is 6.92 Å². The van der Waals surface area contributed by atoms with Crippen LogP contribution in [0.2, 0.25) is 0 Å². The van der Waals surface area contributed by atoms with Crippen molar-refractivity contribution in [3.05, 3.63) is 46.3 Å². The molecule has 0 aliphatic carbocycles. The van der Waals surface area contributed by atoms with Gasteiger partial charge < -0.3 is 10.4 Å². The quantitative estimate of drug-likeness (QED) is 0.876. The van der Waals surface area contributed by atoms with Gasteiger partial charge in [0.2, 0.25) is 0 Å². The second-order valence-electron chi connectivity index (χ2n) is 4.78. The lowest BCUT2D eigenvalue weighted by atomic mass is 10.1. The van der Waals surface area contributed by atoms with Crippen molar-refractivity contribution in [3.8, 4) is 5.75 Å². The van der Waals surface area contributed by atoms with E-state index in [2.05, 4.69) is 5.32 Å². The number of hydrogen-bond donors (Lipinski definition) is 2. The summed E-state index contributed by atoms with van der Waals surface area (Å²) >= 11 is 1.14. The van der Waals surface area contributed by atoms with Crippen molar-refractivity contribution < 1.29 is 18.3 Å². The molecule has 22 heavy (non-hydrogen) atoms. The van der Waals surface area contributed by atoms with Gasteiger partial charge in [0.25, 0.3) is 5.91 Å². The van der Waals surface area contributed by atoms with Crippen LogP contribution < -0.4 is 5.32 Å². The number of hydrogen-bond acceptors (Lipinski definition) is 5. The molecule has 1 heterocycles. The Labute approximate surface area is 133 Å². The number of phenols is 1. The molecule has 0 aliphatic rings. The molecule has 0 saturated heterocycles. The van der Waals surface area contributed by atoms with Gasteiger partial charge in [-0.3, -0.25) is 4.79 Å². The average molecular weight is 339 g/mol. The fraction of sp³-hybridized carbons (Fsp3) is 0.267. The minimum atomic E-state index is -3.21. The predicted octanol–water partition coefficient (Wildman–Crippen LogP) is 2.49. The van der Waals surface area contributed by atoms with E-state index in [4.69, 9.17) is 0 Å². The molecule has 0 saturated carbocycles. The van der Waals surface area contributed by atoms with Gasteiger partial charge in [0.05, 0.1) is 17.9 Å². The van der Waals surface area contributed by atoms with Crippen molar-refractivity contribution in [2.45, 2.75) is 24.6 Å². The first-order valence-corrected chi connectivity index (χ1v) is 9.20. The highest BCUT2D eigenvalue weighted by Gasteiger charge is 2.16. The molecule has 2 aromatic rings. The largest absolute Gasteiger partial charge is 0.507 e. The molecular weight excluding hydrogens is 322 g/mol. The summed E-state index contributed by atoms with van der Waals surface area (Å²) in [4.78, 5) is 12.8. The Morgan fingerprint density at radius 3 is 2.68 bits per heavy atom. The number of carbonyl (C=O) groups excluding carboxylic acids is 1. The molecule has 0 aliphatic heterocycles. The Hall–Kier alpha value is -1.86. The number of carbonyl (C=O) groups is 1.